The molecule has 47 heavy (non-hydrogen) atoms. The monoisotopic (exact) mass is 662 g/mol. The van der Waals surface area contributed by atoms with Crippen LogP contribution >= 0.6 is 0 Å². The minimum atomic E-state index is -3.42. The SMILES string of the molecule is CN(C)CCCS(=O)(=O)N1C2CCC1CN(c1nc(OC[C@@H]3CCCN3C)nc3c(F)c(-c4cc(O)cc5ccccc45)ccc13)C2. The Morgan fingerprint density at radius 2 is 1.77 bits per heavy atom. The second kappa shape index (κ2) is 12.8. The van der Waals surface area contributed by atoms with Crippen molar-refractivity contribution < 1.29 is 22.7 Å². The Labute approximate surface area is 275 Å². The Kier molecular flexibility index (Phi) is 8.71. The topological polar surface area (TPSA) is 102 Å². The summed E-state index contributed by atoms with van der Waals surface area (Å²) in [4.78, 5) is 15.8. The maximum atomic E-state index is 16.8. The van der Waals surface area contributed by atoms with E-state index in [1.807, 2.05) is 49.3 Å². The van der Waals surface area contributed by atoms with Crippen LogP contribution in [0.5, 0.6) is 11.8 Å². The highest BCUT2D eigenvalue weighted by atomic mass is 32.2. The van der Waals surface area contributed by atoms with Crippen LogP contribution in [0.15, 0.2) is 48.5 Å². The van der Waals surface area contributed by atoms with Gasteiger partial charge >= 0.3 is 6.01 Å². The van der Waals surface area contributed by atoms with Crippen molar-refractivity contribution in [3.8, 4) is 22.9 Å². The van der Waals surface area contributed by atoms with Crippen molar-refractivity contribution in [3.63, 3.8) is 0 Å². The number of hydrogen-bond acceptors (Lipinski definition) is 9. The summed E-state index contributed by atoms with van der Waals surface area (Å²) in [5.41, 5.74) is 1.03. The number of ether oxygens (including phenoxy) is 1. The fourth-order valence-corrected chi connectivity index (χ4v) is 9.63. The van der Waals surface area contributed by atoms with Crippen LogP contribution in [0.3, 0.4) is 0 Å². The van der Waals surface area contributed by atoms with Gasteiger partial charge in [0.05, 0.1) is 5.75 Å². The lowest BCUT2D eigenvalue weighted by Crippen LogP contribution is -2.56. The largest absolute Gasteiger partial charge is 0.508 e. The third-order valence-corrected chi connectivity index (χ3v) is 12.1. The molecule has 10 nitrogen and oxygen atoms in total. The number of hydrogen-bond donors (Lipinski definition) is 1. The smallest absolute Gasteiger partial charge is 0.319 e. The first-order valence-corrected chi connectivity index (χ1v) is 18.2. The van der Waals surface area contributed by atoms with Crippen molar-refractivity contribution in [2.75, 3.05) is 64.6 Å². The van der Waals surface area contributed by atoms with Gasteiger partial charge in [-0.2, -0.15) is 14.3 Å². The fraction of sp³-hybridized carbons (Fsp3) is 0.486. The van der Waals surface area contributed by atoms with Gasteiger partial charge in [-0.15, -0.1) is 0 Å². The summed E-state index contributed by atoms with van der Waals surface area (Å²) < 4.78 is 51.6. The molecule has 3 saturated heterocycles. The molecule has 12 heteroatoms. The maximum Gasteiger partial charge on any atom is 0.319 e. The maximum absolute atomic E-state index is 16.8. The molecular weight excluding hydrogens is 619 g/mol. The molecule has 2 bridgehead atoms. The highest BCUT2D eigenvalue weighted by Crippen LogP contribution is 2.40. The third-order valence-electron chi connectivity index (χ3n) is 10.0. The van der Waals surface area contributed by atoms with E-state index in [0.29, 0.717) is 55.0 Å². The number of sulfonamides is 1. The van der Waals surface area contributed by atoms with Crippen LogP contribution < -0.4 is 9.64 Å². The van der Waals surface area contributed by atoms with E-state index in [0.717, 1.165) is 43.0 Å². The quantitative estimate of drug-likeness (QED) is 0.259. The van der Waals surface area contributed by atoms with Gasteiger partial charge in [0.2, 0.25) is 10.0 Å². The van der Waals surface area contributed by atoms with E-state index >= 15 is 4.39 Å². The van der Waals surface area contributed by atoms with Crippen molar-refractivity contribution in [2.45, 2.75) is 50.2 Å². The number of rotatable bonds is 10. The van der Waals surface area contributed by atoms with Gasteiger partial charge in [-0.3, -0.25) is 0 Å². The van der Waals surface area contributed by atoms with Crippen LogP contribution in [-0.2, 0) is 10.0 Å². The van der Waals surface area contributed by atoms with E-state index in [4.69, 9.17) is 9.72 Å². The average Bonchev–Trinajstić information content (AvgIpc) is 3.58. The van der Waals surface area contributed by atoms with Crippen molar-refractivity contribution >= 4 is 37.5 Å². The second-order valence-corrected chi connectivity index (χ2v) is 15.5. The molecule has 2 unspecified atom stereocenters. The van der Waals surface area contributed by atoms with E-state index < -0.39 is 15.8 Å². The number of aromatic hydroxyl groups is 1. The molecule has 1 N–H and O–H groups in total. The number of phenolic OH excluding ortho intramolecular Hbond substituents is 1. The minimum Gasteiger partial charge on any atom is -0.508 e. The predicted octanol–water partition coefficient (Wildman–Crippen LogP) is 4.70. The van der Waals surface area contributed by atoms with E-state index in [9.17, 15) is 13.5 Å². The van der Waals surface area contributed by atoms with Gasteiger partial charge in [0.25, 0.3) is 0 Å². The van der Waals surface area contributed by atoms with Crippen LogP contribution in [0.2, 0.25) is 0 Å². The summed E-state index contributed by atoms with van der Waals surface area (Å²) >= 11 is 0. The molecule has 3 atom stereocenters. The molecule has 0 saturated carbocycles. The van der Waals surface area contributed by atoms with Gasteiger partial charge in [0, 0.05) is 42.2 Å². The Morgan fingerprint density at radius 3 is 2.49 bits per heavy atom. The first-order valence-electron chi connectivity index (χ1n) is 16.6. The van der Waals surface area contributed by atoms with Gasteiger partial charge in [-0.1, -0.05) is 30.3 Å². The normalized spacial score (nSPS) is 22.2. The summed E-state index contributed by atoms with van der Waals surface area (Å²) in [5.74, 6) is 0.212. The molecule has 0 radical (unpaired) electrons. The van der Waals surface area contributed by atoms with Crippen LogP contribution in [0.1, 0.15) is 32.1 Å². The number of aromatic nitrogens is 2. The number of likely N-dealkylation sites (N-methyl/N-ethyl adjacent to an activating group) is 1. The molecule has 250 valence electrons. The summed E-state index contributed by atoms with van der Waals surface area (Å²) in [7, 11) is 2.55. The van der Waals surface area contributed by atoms with E-state index in [1.54, 1.807) is 22.5 Å². The standard InChI is InChI=1S/C35H43FN6O4S/c1-39(2)15-7-17-47(44,45)42-24-11-12-25(42)21-41(20-24)34-30-14-13-29(31-19-27(43)18-23-8-4-5-10-28(23)31)32(36)33(30)37-35(38-34)46-22-26-9-6-16-40(26)3/h4-5,8,10,13-14,18-19,24-26,43H,6-7,9,11-12,15-17,20-22H2,1-3H3/t24?,25?,26-/m0/s1. The van der Waals surface area contributed by atoms with Gasteiger partial charge in [0.1, 0.15) is 23.7 Å². The number of piperazine rings is 1. The second-order valence-electron chi connectivity index (χ2n) is 13.5. The molecule has 3 aliphatic rings. The molecule has 0 spiro atoms. The highest BCUT2D eigenvalue weighted by molar-refractivity contribution is 7.89. The van der Waals surface area contributed by atoms with Crippen molar-refractivity contribution in [1.29, 1.82) is 0 Å². The van der Waals surface area contributed by atoms with Crippen molar-refractivity contribution in [2.24, 2.45) is 0 Å². The third kappa shape index (κ3) is 6.24. The summed E-state index contributed by atoms with van der Waals surface area (Å²) in [6.45, 7) is 3.03. The van der Waals surface area contributed by atoms with Gasteiger partial charge < -0.3 is 24.5 Å². The first-order chi connectivity index (χ1) is 22.6. The van der Waals surface area contributed by atoms with E-state index in [1.165, 1.54) is 0 Å². The number of benzene rings is 3. The Morgan fingerprint density at radius 1 is 1.00 bits per heavy atom. The van der Waals surface area contributed by atoms with Gasteiger partial charge in [0.15, 0.2) is 5.82 Å². The minimum absolute atomic E-state index is 0.0521. The molecule has 0 amide bonds. The van der Waals surface area contributed by atoms with Crippen molar-refractivity contribution in [1.82, 2.24) is 24.1 Å². The zero-order valence-corrected chi connectivity index (χ0v) is 28.1. The molecule has 1 aromatic heterocycles. The molecule has 4 heterocycles. The van der Waals surface area contributed by atoms with Crippen LogP contribution in [0, 0.1) is 5.82 Å². The Balaban J connectivity index is 1.27. The fourth-order valence-electron chi connectivity index (χ4n) is 7.68. The first kappa shape index (κ1) is 32.0. The zero-order chi connectivity index (χ0) is 32.9. The summed E-state index contributed by atoms with van der Waals surface area (Å²) in [5, 5.41) is 12.7. The molecule has 0 aliphatic carbocycles. The lowest BCUT2D eigenvalue weighted by molar-refractivity contribution is 0.188. The molecule has 3 aromatic carbocycles. The molecule has 3 fully saturated rings. The van der Waals surface area contributed by atoms with Crippen LogP contribution in [-0.4, -0.2) is 115 Å². The lowest BCUT2D eigenvalue weighted by Gasteiger charge is -2.41. The number of phenols is 1. The van der Waals surface area contributed by atoms with Crippen LogP contribution in [0.4, 0.5) is 10.2 Å². The van der Waals surface area contributed by atoms with Gasteiger partial charge in [-0.25, -0.2) is 12.8 Å². The lowest BCUT2D eigenvalue weighted by atomic mass is 9.96. The molecule has 3 aliphatic heterocycles. The average molecular weight is 663 g/mol. The molecular formula is C35H43FN6O4S. The number of nitrogens with zero attached hydrogens (tertiary/aromatic N) is 6. The number of fused-ring (bicyclic) bond motifs is 4. The molecule has 4 aromatic rings. The van der Waals surface area contributed by atoms with Crippen LogP contribution in [0.25, 0.3) is 32.8 Å². The predicted molar refractivity (Wildman–Crippen MR) is 183 cm³/mol. The van der Waals surface area contributed by atoms with Crippen molar-refractivity contribution in [3.05, 3.63) is 54.3 Å². The summed E-state index contributed by atoms with van der Waals surface area (Å²) in [6.07, 6.45) is 4.23. The number of halogens is 1. The number of likely N-dealkylation sites (tertiary alicyclic amines) is 1. The zero-order valence-electron chi connectivity index (χ0n) is 27.3. The Hall–Kier alpha value is -3.58. The van der Waals surface area contributed by atoms with Gasteiger partial charge in [-0.05, 0) is 101 Å². The Bertz CT molecular complexity index is 1890. The molecule has 7 rings (SSSR count). The van der Waals surface area contributed by atoms with E-state index in [2.05, 4.69) is 21.8 Å². The number of anilines is 1. The highest BCUT2D eigenvalue weighted by Gasteiger charge is 2.46. The van der Waals surface area contributed by atoms with E-state index in [-0.39, 0.29) is 41.2 Å². The summed E-state index contributed by atoms with van der Waals surface area (Å²) in [6, 6.07) is 14.4.